The molecule has 0 radical (unpaired) electrons. The van der Waals surface area contributed by atoms with Gasteiger partial charge in [-0.25, -0.2) is 0 Å². The van der Waals surface area contributed by atoms with Crippen molar-refractivity contribution < 1.29 is 4.42 Å². The maximum atomic E-state index is 5.98. The first-order valence-electron chi connectivity index (χ1n) is 8.71. The Balaban J connectivity index is 1.86. The number of hydrogen-bond acceptors (Lipinski definition) is 2. The molecule has 0 unspecified atom stereocenters. The molecular formula is C23H18N2O. The summed E-state index contributed by atoms with van der Waals surface area (Å²) < 4.78 is 7.64. The molecule has 0 bridgehead atoms. The largest absolute Gasteiger partial charge is 0.449 e. The van der Waals surface area contributed by atoms with E-state index >= 15 is 0 Å². The predicted octanol–water partition coefficient (Wildman–Crippen LogP) is 5.55. The SMILES string of the molecule is Nc1occc1Cc1cccc2c3ccccc3n(-c3ccccc3)c12. The Hall–Kier alpha value is -3.46. The van der Waals surface area contributed by atoms with Gasteiger partial charge in [-0.15, -0.1) is 0 Å². The highest BCUT2D eigenvalue weighted by molar-refractivity contribution is 6.10. The second-order valence-electron chi connectivity index (χ2n) is 6.49. The molecular weight excluding hydrogens is 320 g/mol. The minimum atomic E-state index is 0.490. The van der Waals surface area contributed by atoms with Gasteiger partial charge in [0, 0.05) is 28.4 Å². The highest BCUT2D eigenvalue weighted by Gasteiger charge is 2.16. The zero-order chi connectivity index (χ0) is 17.5. The lowest BCUT2D eigenvalue weighted by Gasteiger charge is -2.11. The van der Waals surface area contributed by atoms with Crippen molar-refractivity contribution in [2.45, 2.75) is 6.42 Å². The fraction of sp³-hybridized carbons (Fsp3) is 0.0435. The van der Waals surface area contributed by atoms with Crippen molar-refractivity contribution in [2.24, 2.45) is 0 Å². The Morgan fingerprint density at radius 3 is 2.31 bits per heavy atom. The van der Waals surface area contributed by atoms with Gasteiger partial charge in [0.25, 0.3) is 0 Å². The lowest BCUT2D eigenvalue weighted by Crippen LogP contribution is -1.98. The normalized spacial score (nSPS) is 11.4. The molecule has 5 rings (SSSR count). The first-order valence-corrected chi connectivity index (χ1v) is 8.71. The summed E-state index contributed by atoms with van der Waals surface area (Å²) in [6.07, 6.45) is 2.39. The number of nitrogen functional groups attached to an aromatic ring is 1. The summed E-state index contributed by atoms with van der Waals surface area (Å²) in [5.74, 6) is 0.490. The summed E-state index contributed by atoms with van der Waals surface area (Å²) in [5.41, 5.74) is 11.8. The van der Waals surface area contributed by atoms with Crippen molar-refractivity contribution in [1.82, 2.24) is 4.57 Å². The molecule has 0 spiro atoms. The number of hydrogen-bond donors (Lipinski definition) is 1. The lowest BCUT2D eigenvalue weighted by molar-refractivity contribution is 0.585. The molecule has 3 nitrogen and oxygen atoms in total. The van der Waals surface area contributed by atoms with Gasteiger partial charge < -0.3 is 14.7 Å². The highest BCUT2D eigenvalue weighted by atomic mass is 16.3. The quantitative estimate of drug-likeness (QED) is 0.469. The monoisotopic (exact) mass is 338 g/mol. The molecule has 0 amide bonds. The molecule has 0 aliphatic heterocycles. The minimum Gasteiger partial charge on any atom is -0.449 e. The van der Waals surface area contributed by atoms with Gasteiger partial charge in [0.15, 0.2) is 5.88 Å². The molecule has 0 saturated carbocycles. The number of rotatable bonds is 3. The summed E-state index contributed by atoms with van der Waals surface area (Å²) in [6.45, 7) is 0. The van der Waals surface area contributed by atoms with E-state index in [-0.39, 0.29) is 0 Å². The lowest BCUT2D eigenvalue weighted by atomic mass is 10.0. The molecule has 0 atom stereocenters. The molecule has 0 aliphatic carbocycles. The van der Waals surface area contributed by atoms with Crippen LogP contribution in [0.3, 0.4) is 0 Å². The van der Waals surface area contributed by atoms with E-state index in [9.17, 15) is 0 Å². The topological polar surface area (TPSA) is 44.1 Å². The van der Waals surface area contributed by atoms with Crippen LogP contribution >= 0.6 is 0 Å². The number of anilines is 1. The Morgan fingerprint density at radius 2 is 1.50 bits per heavy atom. The number of benzene rings is 3. The Bertz CT molecular complexity index is 1220. The van der Waals surface area contributed by atoms with E-state index < -0.39 is 0 Å². The van der Waals surface area contributed by atoms with Gasteiger partial charge >= 0.3 is 0 Å². The molecule has 3 aromatic carbocycles. The summed E-state index contributed by atoms with van der Waals surface area (Å²) in [4.78, 5) is 0. The molecule has 0 fully saturated rings. The Labute approximate surface area is 151 Å². The molecule has 126 valence electrons. The molecule has 26 heavy (non-hydrogen) atoms. The van der Waals surface area contributed by atoms with Crippen molar-refractivity contribution in [3.05, 3.63) is 96.3 Å². The van der Waals surface area contributed by atoms with E-state index in [2.05, 4.69) is 71.3 Å². The second kappa shape index (κ2) is 5.81. The van der Waals surface area contributed by atoms with Crippen LogP contribution in [0.15, 0.2) is 89.5 Å². The molecule has 0 saturated heterocycles. The Kier molecular flexibility index (Phi) is 3.32. The van der Waals surface area contributed by atoms with Crippen LogP contribution in [-0.2, 0) is 6.42 Å². The number of para-hydroxylation sites is 3. The van der Waals surface area contributed by atoms with Crippen LogP contribution < -0.4 is 5.73 Å². The van der Waals surface area contributed by atoms with Crippen LogP contribution in [-0.4, -0.2) is 4.57 Å². The molecule has 2 heterocycles. The van der Waals surface area contributed by atoms with Gasteiger partial charge in [-0.2, -0.15) is 0 Å². The Morgan fingerprint density at radius 1 is 0.731 bits per heavy atom. The van der Waals surface area contributed by atoms with Crippen LogP contribution in [0.5, 0.6) is 0 Å². The average molecular weight is 338 g/mol. The van der Waals surface area contributed by atoms with Gasteiger partial charge in [-0.3, -0.25) is 0 Å². The standard InChI is InChI=1S/C23H18N2O/c24-23-17(13-14-26-23)15-16-7-6-11-20-19-10-4-5-12-21(19)25(22(16)20)18-8-2-1-3-9-18/h1-14H,15,24H2. The first-order chi connectivity index (χ1) is 12.8. The predicted molar refractivity (Wildman–Crippen MR) is 107 cm³/mol. The average Bonchev–Trinajstić information content (AvgIpc) is 3.24. The highest BCUT2D eigenvalue weighted by Crippen LogP contribution is 2.35. The van der Waals surface area contributed by atoms with E-state index in [1.54, 1.807) is 6.26 Å². The molecule has 5 aromatic rings. The number of nitrogens with zero attached hydrogens (tertiary/aromatic N) is 1. The van der Waals surface area contributed by atoms with Crippen LogP contribution in [0.2, 0.25) is 0 Å². The first kappa shape index (κ1) is 14.8. The number of furan rings is 1. The van der Waals surface area contributed by atoms with Gasteiger partial charge in [0.1, 0.15) is 0 Å². The van der Waals surface area contributed by atoms with Crippen LogP contribution in [0.25, 0.3) is 27.5 Å². The fourth-order valence-electron chi connectivity index (χ4n) is 3.78. The smallest absolute Gasteiger partial charge is 0.193 e. The van der Waals surface area contributed by atoms with Crippen molar-refractivity contribution in [3.63, 3.8) is 0 Å². The van der Waals surface area contributed by atoms with E-state index in [4.69, 9.17) is 10.2 Å². The number of nitrogens with two attached hydrogens (primary N) is 1. The zero-order valence-corrected chi connectivity index (χ0v) is 14.2. The van der Waals surface area contributed by atoms with Crippen LogP contribution in [0.4, 0.5) is 5.88 Å². The summed E-state index contributed by atoms with van der Waals surface area (Å²) >= 11 is 0. The van der Waals surface area contributed by atoms with Crippen molar-refractivity contribution in [1.29, 1.82) is 0 Å². The second-order valence-corrected chi connectivity index (χ2v) is 6.49. The number of aromatic nitrogens is 1. The third-order valence-corrected chi connectivity index (χ3v) is 4.95. The maximum Gasteiger partial charge on any atom is 0.193 e. The minimum absolute atomic E-state index is 0.490. The molecule has 0 aliphatic rings. The van der Waals surface area contributed by atoms with E-state index in [1.165, 1.54) is 27.4 Å². The molecule has 3 heteroatoms. The molecule has 2 N–H and O–H groups in total. The molecule has 2 aromatic heterocycles. The summed E-state index contributed by atoms with van der Waals surface area (Å²) in [6, 6.07) is 27.5. The van der Waals surface area contributed by atoms with Gasteiger partial charge in [0.2, 0.25) is 0 Å². The van der Waals surface area contributed by atoms with Crippen LogP contribution in [0.1, 0.15) is 11.1 Å². The van der Waals surface area contributed by atoms with Crippen LogP contribution in [0, 0.1) is 0 Å². The summed E-state index contributed by atoms with van der Waals surface area (Å²) in [5, 5.41) is 2.51. The van der Waals surface area contributed by atoms with Gasteiger partial charge in [-0.1, -0.05) is 54.6 Å². The summed E-state index contributed by atoms with van der Waals surface area (Å²) in [7, 11) is 0. The zero-order valence-electron chi connectivity index (χ0n) is 14.2. The van der Waals surface area contributed by atoms with Crippen molar-refractivity contribution in [3.8, 4) is 5.69 Å². The van der Waals surface area contributed by atoms with Gasteiger partial charge in [-0.05, 0) is 29.8 Å². The van der Waals surface area contributed by atoms with Crippen molar-refractivity contribution in [2.75, 3.05) is 5.73 Å². The van der Waals surface area contributed by atoms with E-state index in [0.717, 1.165) is 17.7 Å². The van der Waals surface area contributed by atoms with Crippen molar-refractivity contribution >= 4 is 27.7 Å². The van der Waals surface area contributed by atoms with E-state index in [1.807, 2.05) is 12.1 Å². The third-order valence-electron chi connectivity index (χ3n) is 4.95. The van der Waals surface area contributed by atoms with Gasteiger partial charge in [0.05, 0.1) is 17.3 Å². The maximum absolute atomic E-state index is 5.98. The fourth-order valence-corrected chi connectivity index (χ4v) is 3.78. The third kappa shape index (κ3) is 2.21. The number of fused-ring (bicyclic) bond motifs is 3. The van der Waals surface area contributed by atoms with E-state index in [0.29, 0.717) is 5.88 Å².